The van der Waals surface area contributed by atoms with E-state index >= 15 is 13.2 Å². The monoisotopic (exact) mass is 2080 g/mol. The van der Waals surface area contributed by atoms with E-state index in [1.807, 2.05) is 69.3 Å². The number of phenols is 3. The van der Waals surface area contributed by atoms with E-state index in [-0.39, 0.29) is 102 Å². The molecule has 1 aliphatic carbocycles. The first-order valence-electron chi connectivity index (χ1n) is 50.2. The number of ether oxygens (including phenoxy) is 1. The summed E-state index contributed by atoms with van der Waals surface area (Å²) in [5, 5.41) is 38.1. The minimum Gasteiger partial charge on any atom is -0.508 e. The van der Waals surface area contributed by atoms with Gasteiger partial charge in [-0.05, 0) is 252 Å². The van der Waals surface area contributed by atoms with Crippen LogP contribution >= 0.6 is 34.8 Å². The summed E-state index contributed by atoms with van der Waals surface area (Å²) in [5.74, 6) is -0.0803. The first-order chi connectivity index (χ1) is 71.3. The second-order valence-corrected chi connectivity index (χ2v) is 40.3. The number of carbonyl (C=O) groups is 5. The van der Waals surface area contributed by atoms with Crippen LogP contribution in [0.15, 0.2) is 201 Å². The summed E-state index contributed by atoms with van der Waals surface area (Å²) in [6.07, 6.45) is 16.0. The van der Waals surface area contributed by atoms with E-state index in [1.165, 1.54) is 150 Å². The van der Waals surface area contributed by atoms with Crippen LogP contribution in [0.4, 0.5) is 44.6 Å². The molecule has 776 valence electrons. The van der Waals surface area contributed by atoms with E-state index < -0.39 is 41.1 Å². The van der Waals surface area contributed by atoms with Gasteiger partial charge in [-0.3, -0.25) is 14.4 Å². The predicted molar refractivity (Wildman–Crippen MR) is 590 cm³/mol. The molecule has 14 aromatic rings. The Bertz CT molecular complexity index is 7280. The lowest BCUT2D eigenvalue weighted by Crippen LogP contribution is -2.50. The van der Waals surface area contributed by atoms with Crippen molar-refractivity contribution in [3.05, 3.63) is 279 Å². The second-order valence-electron chi connectivity index (χ2n) is 39.1. The second kappa shape index (κ2) is 47.7. The number of halogens is 7. The van der Waals surface area contributed by atoms with Crippen molar-refractivity contribution in [1.82, 2.24) is 54.4 Å². The molecule has 7 amide bonds. The van der Waals surface area contributed by atoms with Gasteiger partial charge >= 0.3 is 18.1 Å². The Kier molecular flexibility index (Phi) is 34.7. The summed E-state index contributed by atoms with van der Waals surface area (Å²) < 4.78 is 68.5. The molecule has 1 saturated carbocycles. The van der Waals surface area contributed by atoms with Crippen LogP contribution in [0.25, 0.3) is 110 Å². The van der Waals surface area contributed by atoms with Crippen molar-refractivity contribution in [2.45, 2.75) is 125 Å². The number of phenolic OH excluding ortho intramolecular Hbond substituents is 3. The number of piperazine rings is 3. The van der Waals surface area contributed by atoms with Crippen molar-refractivity contribution >= 4 is 147 Å². The van der Waals surface area contributed by atoms with Crippen LogP contribution in [-0.2, 0) is 27.2 Å². The molecule has 6 heterocycles. The van der Waals surface area contributed by atoms with Crippen molar-refractivity contribution < 1.29 is 61.6 Å². The van der Waals surface area contributed by atoms with E-state index in [4.69, 9.17) is 56.0 Å². The number of aromatic hydroxyl groups is 3. The van der Waals surface area contributed by atoms with Gasteiger partial charge in [0, 0.05) is 152 Å². The smallest absolute Gasteiger partial charge is 0.319 e. The standard InChI is InChI=1S/C38H48.C29H30ClFN6O3.C28H28ClFN6O4.C22H19ClF2N4O2/c1-10-25(4)32-17-19-33(20-18-32)35-23-31(16-12-13-26(5)24(2)3)22-34-30(9)38(29(8)21-36(34)35)37-27(6)14-11-15-28(37)7;1-35(2)24(39)9-5-8-23-33-27-21(28(34-23)36-10-12-37(13-11-36)29(32)40)16-22(30)25(26(27)31)20-15-18(38)14-17-6-3-4-7-19(17)20;1-34(2)22(38)7-12-40-28-32-25-20(26(33-28)35-8-10-36(11-9-35)27(31)39)15-21(29)23(24(25)30)19-14-17(37)13-16-5-3-4-6-18(16)19;1-2-4-17(31)28-7-9-29(10-8-28)22-13-11-14(23)18(20(25)21(13)26-12-27-22)19-15(24)5-3-6-16(19)30/h10-11,14-15,21-24,32-33H,1,4-5,12-13,16-20H2,2-3,6-9H3;3-4,6-7,14-16,38H,5,8-13H2,1-2H3,(H2,32,40);3-6,13-15,37H,7-12H2,1-2H3,(H2,31,39);2-6,11-12,30H,7-10H2,1H3/b;;;4-2+. The largest absolute Gasteiger partial charge is 0.508 e. The molecule has 3 saturated heterocycles. The molecule has 32 heteroatoms. The lowest BCUT2D eigenvalue weighted by molar-refractivity contribution is -0.129. The highest BCUT2D eigenvalue weighted by Crippen LogP contribution is 2.50. The molecule has 11 aromatic carbocycles. The highest BCUT2D eigenvalue weighted by atomic mass is 35.5. The van der Waals surface area contributed by atoms with Gasteiger partial charge < -0.3 is 70.7 Å². The van der Waals surface area contributed by atoms with E-state index in [0.29, 0.717) is 172 Å². The number of fused-ring (bicyclic) bond motifs is 6. The van der Waals surface area contributed by atoms with Crippen LogP contribution < -0.4 is 30.9 Å². The molecule has 0 spiro atoms. The minimum atomic E-state index is -0.839. The number of allylic oxidation sites excluding steroid dienone is 4. The SMILES string of the molecule is C/C=C/C(=O)N1CCN(c2ncnc3c(F)c(-c4c(O)cccc4F)c(Cl)cc23)CC1.C=CC(=C)C1CCC(c2cc(CCCC(=C)C(C)C)cc3c(C)c(-c4c(C)cccc4C)c(C)cc23)CC1.CN(C)C(=O)CCCc1nc(N2CCN(C(N)=O)CC2)c2cc(Cl)c(-c3cc(O)cc4ccccc34)c(F)c2n1.CN(C)C(=O)CCOc1nc(N2CCN(C(N)=O)CC2)c2cc(Cl)c(-c3cc(O)cc4ccccc34)c(F)c2n1. The van der Waals surface area contributed by atoms with Gasteiger partial charge in [-0.1, -0.05) is 183 Å². The molecule has 0 bridgehead atoms. The maximum Gasteiger partial charge on any atom is 0.319 e. The van der Waals surface area contributed by atoms with Crippen molar-refractivity contribution in [1.29, 1.82) is 0 Å². The first kappa shape index (κ1) is 109. The molecular formula is C117H125Cl3F4N16O9. The number of hydrogen-bond acceptors (Lipinski definition) is 18. The molecule has 0 unspecified atom stereocenters. The van der Waals surface area contributed by atoms with Gasteiger partial charge in [0.2, 0.25) is 17.7 Å². The number of nitrogens with zero attached hydrogens (tertiary/aromatic N) is 14. The molecular weight excluding hydrogens is 1960 g/mol. The highest BCUT2D eigenvalue weighted by Gasteiger charge is 2.34. The van der Waals surface area contributed by atoms with Crippen LogP contribution in [0.1, 0.15) is 124 Å². The zero-order valence-corrected chi connectivity index (χ0v) is 88.1. The maximum atomic E-state index is 16.5. The average molecular weight is 2080 g/mol. The summed E-state index contributed by atoms with van der Waals surface area (Å²) in [6.45, 7) is 33.3. The zero-order chi connectivity index (χ0) is 107. The summed E-state index contributed by atoms with van der Waals surface area (Å²) in [7, 11) is 6.68. The molecule has 18 rings (SSSR count). The topological polar surface area (TPSA) is 311 Å². The van der Waals surface area contributed by atoms with Gasteiger partial charge in [-0.2, -0.15) is 9.97 Å². The third-order valence-electron chi connectivity index (χ3n) is 28.6. The normalized spacial score (nSPS) is 14.9. The number of benzene rings is 11. The van der Waals surface area contributed by atoms with E-state index in [1.54, 1.807) is 80.8 Å². The lowest BCUT2D eigenvalue weighted by atomic mass is 9.74. The van der Waals surface area contributed by atoms with Gasteiger partial charge in [0.05, 0.1) is 27.1 Å². The Morgan fingerprint density at radius 2 is 0.993 bits per heavy atom. The molecule has 4 fully saturated rings. The average Bonchev–Trinajstić information content (AvgIpc) is 0.741. The molecule has 25 nitrogen and oxygen atoms in total. The molecule has 0 atom stereocenters. The Hall–Kier alpha value is -14.7. The Labute approximate surface area is 880 Å². The van der Waals surface area contributed by atoms with Crippen LogP contribution in [0, 0.1) is 62.8 Å². The summed E-state index contributed by atoms with van der Waals surface area (Å²) in [4.78, 5) is 99.7. The fourth-order valence-electron chi connectivity index (χ4n) is 20.4. The number of aryl methyl sites for hydroxylation is 6. The lowest BCUT2D eigenvalue weighted by Gasteiger charge is -2.35. The number of aromatic nitrogens is 6. The third-order valence-corrected chi connectivity index (χ3v) is 29.5. The number of carbonyl (C=O) groups excluding carboxylic acids is 5. The molecule has 149 heavy (non-hydrogen) atoms. The highest BCUT2D eigenvalue weighted by molar-refractivity contribution is 6.36. The number of rotatable bonds is 24. The van der Waals surface area contributed by atoms with Crippen LogP contribution in [0.3, 0.4) is 0 Å². The fourth-order valence-corrected chi connectivity index (χ4v) is 21.3. The summed E-state index contributed by atoms with van der Waals surface area (Å²) in [6, 6.07) is 42.4. The molecule has 0 radical (unpaired) electrons. The minimum absolute atomic E-state index is 0.00330. The van der Waals surface area contributed by atoms with E-state index in [0.717, 1.165) is 35.1 Å². The fraction of sp³-hybridized carbons (Fsp3) is 0.325. The van der Waals surface area contributed by atoms with E-state index in [2.05, 4.69) is 123 Å². The summed E-state index contributed by atoms with van der Waals surface area (Å²) in [5.41, 5.74) is 25.5. The van der Waals surface area contributed by atoms with Crippen LogP contribution in [0.2, 0.25) is 15.1 Å². The van der Waals surface area contributed by atoms with Crippen molar-refractivity contribution in [2.75, 3.05) is 128 Å². The Morgan fingerprint density at radius 3 is 1.52 bits per heavy atom. The van der Waals surface area contributed by atoms with E-state index in [9.17, 15) is 43.7 Å². The van der Waals surface area contributed by atoms with Crippen molar-refractivity contribution in [3.8, 4) is 67.8 Å². The summed E-state index contributed by atoms with van der Waals surface area (Å²) >= 11 is 19.8. The van der Waals surface area contributed by atoms with Gasteiger partial charge in [-0.15, -0.1) is 0 Å². The van der Waals surface area contributed by atoms with Crippen LogP contribution in [-0.4, -0.2) is 213 Å². The Morgan fingerprint density at radius 1 is 0.497 bits per heavy atom. The van der Waals surface area contributed by atoms with Crippen molar-refractivity contribution in [2.24, 2.45) is 23.3 Å². The number of nitrogens with two attached hydrogens (primary N) is 2. The van der Waals surface area contributed by atoms with Gasteiger partial charge in [0.1, 0.15) is 75.8 Å². The quantitative estimate of drug-likeness (QED) is 0.0162. The predicted octanol–water partition coefficient (Wildman–Crippen LogP) is 24.0. The zero-order valence-electron chi connectivity index (χ0n) is 85.8. The van der Waals surface area contributed by atoms with Crippen molar-refractivity contribution in [3.63, 3.8) is 0 Å². The van der Waals surface area contributed by atoms with Crippen LogP contribution in [0.5, 0.6) is 23.3 Å². The Balaban J connectivity index is 0.000000149. The molecule has 4 aliphatic rings. The maximum absolute atomic E-state index is 16.5. The van der Waals surface area contributed by atoms with Gasteiger partial charge in [0.25, 0.3) is 0 Å². The third kappa shape index (κ3) is 24.2. The molecule has 3 aliphatic heterocycles. The number of urea groups is 2. The first-order valence-corrected chi connectivity index (χ1v) is 51.3. The van der Waals surface area contributed by atoms with Gasteiger partial charge in [0.15, 0.2) is 17.5 Å². The van der Waals surface area contributed by atoms with Gasteiger partial charge in [-0.25, -0.2) is 47.1 Å². The molecule has 3 aromatic heterocycles. The number of hydrogen-bond donors (Lipinski definition) is 5. The number of anilines is 3. The number of primary amides is 2. The molecule has 7 N–H and O–H groups in total. The number of amides is 7.